The van der Waals surface area contributed by atoms with E-state index in [0.717, 1.165) is 27.5 Å². The predicted octanol–water partition coefficient (Wildman–Crippen LogP) is -5.47. The molecule has 0 spiro atoms. The topological polar surface area (TPSA) is 569 Å². The van der Waals surface area contributed by atoms with Gasteiger partial charge in [0.25, 0.3) is 0 Å². The summed E-state index contributed by atoms with van der Waals surface area (Å²) in [5.74, 6) is -22.4. The van der Waals surface area contributed by atoms with Crippen molar-refractivity contribution in [2.75, 3.05) is 83.6 Å². The number of carboxylic acid groups (broad SMARTS) is 6. The van der Waals surface area contributed by atoms with E-state index in [9.17, 15) is 103 Å². The summed E-state index contributed by atoms with van der Waals surface area (Å²) in [7, 11) is 1.46. The maximum Gasteiger partial charge on any atom is 0.317 e. The first-order valence-electron chi connectivity index (χ1n) is 30.8. The number of nitrogens with one attached hydrogen (secondary N) is 9. The lowest BCUT2D eigenvalue weighted by molar-refractivity contribution is -0.156. The summed E-state index contributed by atoms with van der Waals surface area (Å²) in [5.41, 5.74) is 7.35. The fraction of sp³-hybridized carbons (Fsp3) is 0.533. The van der Waals surface area contributed by atoms with E-state index < -0.39 is 213 Å². The number of carbonyl (C=O) groups excluding carboxylic acids is 8. The average Bonchev–Trinajstić information content (AvgIpc) is 1.61. The highest BCUT2D eigenvalue weighted by molar-refractivity contribution is 8.76. The van der Waals surface area contributed by atoms with E-state index in [1.165, 1.54) is 11.8 Å². The third-order valence-corrected chi connectivity index (χ3v) is 17.6. The number of amides is 8. The van der Waals surface area contributed by atoms with Gasteiger partial charge in [-0.25, -0.2) is 0 Å². The van der Waals surface area contributed by atoms with Crippen molar-refractivity contribution in [3.8, 4) is 0 Å². The summed E-state index contributed by atoms with van der Waals surface area (Å²) in [5, 5.41) is 110. The Labute approximate surface area is 568 Å². The number of aliphatic carboxylic acids is 6. The van der Waals surface area contributed by atoms with Gasteiger partial charge in [-0.05, 0) is 56.8 Å². The number of carboxylic acids is 6. The Morgan fingerprint density at radius 1 is 0.602 bits per heavy atom. The summed E-state index contributed by atoms with van der Waals surface area (Å²) in [6, 6.07) is 1.31. The largest absolute Gasteiger partial charge is 0.481 e. The lowest BCUT2D eigenvalue weighted by Crippen LogP contribution is -2.62. The van der Waals surface area contributed by atoms with Crippen LogP contribution in [-0.2, 0) is 80.0 Å². The third-order valence-electron chi connectivity index (χ3n) is 15.2. The summed E-state index contributed by atoms with van der Waals surface area (Å²) in [6.07, 6.45) is -2.84. The maximum absolute atomic E-state index is 15.1. The highest BCUT2D eigenvalue weighted by Crippen LogP contribution is 2.25. The number of benzene rings is 2. The quantitative estimate of drug-likeness (QED) is 0.0147. The lowest BCUT2D eigenvalue weighted by atomic mass is 9.99. The molecule has 2 aromatic carbocycles. The molecule has 0 radical (unpaired) electrons. The van der Waals surface area contributed by atoms with E-state index in [2.05, 4.69) is 47.5 Å². The molecule has 0 bridgehead atoms. The molecule has 4 rings (SSSR count). The van der Waals surface area contributed by atoms with Crippen molar-refractivity contribution >= 4 is 116 Å². The number of aromatic nitrogens is 1. The second-order valence-corrected chi connectivity index (χ2v) is 25.6. The van der Waals surface area contributed by atoms with Crippen LogP contribution in [-0.4, -0.2) is 293 Å². The molecule has 1 aliphatic rings. The van der Waals surface area contributed by atoms with E-state index >= 15 is 9.59 Å². The molecule has 1 fully saturated rings. The van der Waals surface area contributed by atoms with Crippen LogP contribution in [0.2, 0.25) is 0 Å². The van der Waals surface area contributed by atoms with E-state index in [0.29, 0.717) is 39.2 Å². The van der Waals surface area contributed by atoms with Crippen molar-refractivity contribution in [3.05, 3.63) is 71.9 Å². The van der Waals surface area contributed by atoms with E-state index in [-0.39, 0.29) is 51.9 Å². The number of aliphatic hydroxyl groups excluding tert-OH is 3. The summed E-state index contributed by atoms with van der Waals surface area (Å²) in [4.78, 5) is 194. The van der Waals surface area contributed by atoms with Crippen LogP contribution in [0.3, 0.4) is 0 Å². The van der Waals surface area contributed by atoms with Crippen LogP contribution in [0.15, 0.2) is 60.8 Å². The van der Waals surface area contributed by atoms with Gasteiger partial charge in [0, 0.05) is 74.0 Å². The average molecular weight is 1420 g/mol. The zero-order valence-corrected chi connectivity index (χ0v) is 55.2. The van der Waals surface area contributed by atoms with Crippen LogP contribution in [0.1, 0.15) is 50.7 Å². The number of unbranched alkanes of at least 4 members (excludes halogenated alkanes) is 1. The van der Waals surface area contributed by atoms with Gasteiger partial charge in [-0.1, -0.05) is 70.1 Å². The Hall–Kier alpha value is -9.02. The second-order valence-electron chi connectivity index (χ2n) is 23.0. The summed E-state index contributed by atoms with van der Waals surface area (Å²) >= 11 is 0. The van der Waals surface area contributed by atoms with Crippen LogP contribution >= 0.6 is 21.6 Å². The van der Waals surface area contributed by atoms with Gasteiger partial charge < -0.3 is 99.2 Å². The Morgan fingerprint density at radius 2 is 1.12 bits per heavy atom. The van der Waals surface area contributed by atoms with Gasteiger partial charge in [0.2, 0.25) is 47.3 Å². The first kappa shape index (κ1) is 81.4. The SMILES string of the molecule is C[C@@H](O)C1NC(=O)[C@H](CCCCN)NC(=O)[C@@H](Cc2c[nH]c3ccccc23)NC(=O)C(Cc2ccccc2)NC(=O)[C@@H](NC(=O)[C@@H](CC(C(=O)O)C(=O)O)NC(=O)CN(CCN(CCN(CC(=O)O)CC(=O)O)CC(=O)O)CC(=O)O)CSSCC(C(=O)N[C@H](CO)[C@@H](C)O)NC1=O. The molecule has 0 aliphatic carbocycles. The third kappa shape index (κ3) is 28.2. The van der Waals surface area contributed by atoms with Crippen molar-refractivity contribution in [2.24, 2.45) is 11.7 Å². The maximum atomic E-state index is 15.1. The van der Waals surface area contributed by atoms with Crippen LogP contribution < -0.4 is 48.3 Å². The van der Waals surface area contributed by atoms with E-state index in [1.807, 2.05) is 0 Å². The van der Waals surface area contributed by atoms with Gasteiger partial charge in [-0.3, -0.25) is 81.8 Å². The highest BCUT2D eigenvalue weighted by atomic mass is 33.1. The smallest absolute Gasteiger partial charge is 0.317 e. The van der Waals surface area contributed by atoms with Crippen molar-refractivity contribution < 1.29 is 113 Å². The minimum Gasteiger partial charge on any atom is -0.481 e. The number of para-hydroxylation sites is 1. The fourth-order valence-corrected chi connectivity index (χ4v) is 12.3. The molecule has 540 valence electrons. The first-order valence-corrected chi connectivity index (χ1v) is 33.3. The van der Waals surface area contributed by atoms with Crippen molar-refractivity contribution in [1.82, 2.24) is 62.2 Å². The minimum absolute atomic E-state index is 0.105. The molecular weight excluding hydrogens is 1330 g/mol. The molecule has 0 saturated carbocycles. The molecule has 98 heavy (non-hydrogen) atoms. The first-order chi connectivity index (χ1) is 46.4. The number of aromatic amines is 1. The molecule has 1 saturated heterocycles. The minimum atomic E-state index is -2.46. The number of carbonyl (C=O) groups is 14. The van der Waals surface area contributed by atoms with Gasteiger partial charge in [-0.2, -0.15) is 0 Å². The Balaban J connectivity index is 1.86. The number of aliphatic hydroxyl groups is 3. The molecule has 3 aromatic rings. The summed E-state index contributed by atoms with van der Waals surface area (Å²) in [6.45, 7) is -3.85. The number of hydrogen-bond acceptors (Lipinski definition) is 23. The van der Waals surface area contributed by atoms with Crippen molar-refractivity contribution in [2.45, 2.75) is 113 Å². The fourth-order valence-electron chi connectivity index (χ4n) is 10.0. The number of rotatable bonds is 36. The number of nitrogens with zero attached hydrogens (tertiary/aromatic N) is 3. The number of fused-ring (bicyclic) bond motifs is 1. The van der Waals surface area contributed by atoms with E-state index in [4.69, 9.17) is 5.73 Å². The number of nitrogens with two attached hydrogens (primary N) is 1. The lowest BCUT2D eigenvalue weighted by Gasteiger charge is -2.29. The molecule has 8 amide bonds. The molecule has 1 aromatic heterocycles. The Bertz CT molecular complexity index is 3230. The van der Waals surface area contributed by atoms with Gasteiger partial charge >= 0.3 is 35.8 Å². The van der Waals surface area contributed by atoms with Gasteiger partial charge in [0.1, 0.15) is 42.3 Å². The Morgan fingerprint density at radius 3 is 1.68 bits per heavy atom. The van der Waals surface area contributed by atoms with Crippen molar-refractivity contribution in [3.63, 3.8) is 0 Å². The normalized spacial score (nSPS) is 19.8. The summed E-state index contributed by atoms with van der Waals surface area (Å²) < 4.78 is 0. The molecule has 10 atom stereocenters. The number of hydrogen-bond donors (Lipinski definition) is 19. The number of H-pyrrole nitrogens is 1. The molecule has 3 unspecified atom stereocenters. The second kappa shape index (κ2) is 41.3. The molecule has 20 N–H and O–H groups in total. The standard InChI is InChI=1S/C60H85N13O23S2/c1-32(75)43(29-74)67-57(91)45-31-98-97-30-44(68-55(89)42(22-37(59(93)94)60(95)96)63-46(77)24-72(26-48(80)81)18-16-71(25-47(78)79)17-19-73(27-49(82)83)28-50(84)85)56(90)65-40(20-34-10-4-3-5-11-34)53(87)66-41(21-35-23-62-38-13-7-6-12-36(35)38)54(88)64-39(14-8-9-15-61)52(86)70-51(33(2)76)58(92)69-45/h3-7,10-13,23,32-33,37,39-45,51,62,74-76H,8-9,14-22,24-31,61H2,1-2H3,(H,63,77)(H,64,88)(H,65,90)(H,66,87)(H,67,91)(H,68,89)(H,69,92)(H,70,86)(H,78,79)(H,80,81)(H,82,83)(H,84,85)(H,93,94)(H,95,96)/t32-,33-,39+,40?,41-,42-,43-,44+,45?,51?/m1/s1. The van der Waals surface area contributed by atoms with Crippen LogP contribution in [0.5, 0.6) is 0 Å². The molecule has 1 aliphatic heterocycles. The van der Waals surface area contributed by atoms with E-state index in [1.54, 1.807) is 60.8 Å². The van der Waals surface area contributed by atoms with Gasteiger partial charge in [0.15, 0.2) is 5.92 Å². The Kier molecular flexibility index (Phi) is 34.3. The van der Waals surface area contributed by atoms with Crippen LogP contribution in [0, 0.1) is 5.92 Å². The molecule has 2 heterocycles. The predicted molar refractivity (Wildman–Crippen MR) is 349 cm³/mol. The van der Waals surface area contributed by atoms with Crippen molar-refractivity contribution in [1.29, 1.82) is 0 Å². The molecule has 38 heteroatoms. The van der Waals surface area contributed by atoms with Crippen LogP contribution in [0.25, 0.3) is 10.9 Å². The molecule has 36 nitrogen and oxygen atoms in total. The molecular formula is C60H85N13O23S2. The monoisotopic (exact) mass is 1420 g/mol. The zero-order valence-electron chi connectivity index (χ0n) is 53.5. The van der Waals surface area contributed by atoms with Crippen LogP contribution in [0.4, 0.5) is 0 Å². The highest BCUT2D eigenvalue weighted by Gasteiger charge is 2.39. The van der Waals surface area contributed by atoms with Gasteiger partial charge in [-0.15, -0.1) is 0 Å². The van der Waals surface area contributed by atoms with Gasteiger partial charge in [0.05, 0.1) is 57.6 Å². The zero-order chi connectivity index (χ0) is 72.8.